The van der Waals surface area contributed by atoms with Gasteiger partial charge >= 0.3 is 11.8 Å². The monoisotopic (exact) mass is 411 g/mol. The molecular formula is C17H18ClN3O5S. The number of carbonyl (C=O) groups is 1. The lowest BCUT2D eigenvalue weighted by Gasteiger charge is -2.30. The summed E-state index contributed by atoms with van der Waals surface area (Å²) in [6, 6.07) is 7.46. The van der Waals surface area contributed by atoms with E-state index in [-0.39, 0.29) is 30.4 Å². The fourth-order valence-corrected chi connectivity index (χ4v) is 4.43. The number of hydrogen-bond acceptors (Lipinski definition) is 6. The van der Waals surface area contributed by atoms with Gasteiger partial charge in [0.05, 0.1) is 17.0 Å². The van der Waals surface area contributed by atoms with Gasteiger partial charge in [-0.25, -0.2) is 13.1 Å². The molecule has 0 aliphatic carbocycles. The first kappa shape index (κ1) is 19.5. The van der Waals surface area contributed by atoms with Crippen LogP contribution in [0.3, 0.4) is 0 Å². The first-order valence-corrected chi connectivity index (χ1v) is 10.1. The highest BCUT2D eigenvalue weighted by Gasteiger charge is 2.33. The van der Waals surface area contributed by atoms with Crippen LogP contribution in [0.5, 0.6) is 0 Å². The van der Waals surface area contributed by atoms with E-state index in [9.17, 15) is 18.4 Å². The average Bonchev–Trinajstić information content (AvgIpc) is 2.67. The van der Waals surface area contributed by atoms with Gasteiger partial charge in [0.25, 0.3) is 0 Å². The highest BCUT2D eigenvalue weighted by molar-refractivity contribution is 7.89. The summed E-state index contributed by atoms with van der Waals surface area (Å²) < 4.78 is 32.3. The van der Waals surface area contributed by atoms with E-state index in [1.807, 2.05) is 0 Å². The molecule has 0 amide bonds. The summed E-state index contributed by atoms with van der Waals surface area (Å²) in [4.78, 5) is 16.2. The van der Waals surface area contributed by atoms with Crippen molar-refractivity contribution >= 4 is 27.6 Å². The standard InChI is InChI=1S/C17H18ClN3O5S/c18-14-2-4-15(5-3-14)27(24,25)20-10-6-13(7-11-20)17(22)26-12-16-19-8-1-9-21(16)23/h1-5,8-9,13H,6-7,10-12H2. The summed E-state index contributed by atoms with van der Waals surface area (Å²) in [6.45, 7) is 0.220. The predicted octanol–water partition coefficient (Wildman–Crippen LogP) is 1.51. The molecule has 1 fully saturated rings. The predicted molar refractivity (Wildman–Crippen MR) is 95.9 cm³/mol. The second kappa shape index (κ2) is 8.20. The third-order valence-electron chi connectivity index (χ3n) is 4.37. The lowest BCUT2D eigenvalue weighted by molar-refractivity contribution is -0.620. The Balaban J connectivity index is 1.56. The Labute approximate surface area is 162 Å². The van der Waals surface area contributed by atoms with Gasteiger partial charge in [-0.3, -0.25) is 4.79 Å². The zero-order valence-electron chi connectivity index (χ0n) is 14.3. The second-order valence-electron chi connectivity index (χ2n) is 6.10. The molecule has 2 heterocycles. The fraction of sp³-hybridized carbons (Fsp3) is 0.353. The molecule has 0 unspecified atom stereocenters. The number of carbonyl (C=O) groups excluding carboxylic acids is 1. The van der Waals surface area contributed by atoms with Crippen molar-refractivity contribution in [2.24, 2.45) is 5.92 Å². The Kier molecular flexibility index (Phi) is 5.93. The number of halogens is 1. The highest BCUT2D eigenvalue weighted by Crippen LogP contribution is 2.25. The van der Waals surface area contributed by atoms with Gasteiger partial charge in [-0.05, 0) is 42.1 Å². The Morgan fingerprint density at radius 2 is 1.96 bits per heavy atom. The SMILES string of the molecule is O=C(OCc1nccc[n+]1[O-])C1CCN(S(=O)(=O)c2ccc(Cl)cc2)CC1. The van der Waals surface area contributed by atoms with Gasteiger partial charge in [0.15, 0.2) is 6.61 Å². The van der Waals surface area contributed by atoms with Gasteiger partial charge in [-0.2, -0.15) is 4.31 Å². The van der Waals surface area contributed by atoms with Gasteiger partial charge in [-0.15, -0.1) is 0 Å². The molecule has 8 nitrogen and oxygen atoms in total. The maximum absolute atomic E-state index is 12.6. The maximum Gasteiger partial charge on any atom is 0.339 e. The van der Waals surface area contributed by atoms with E-state index in [4.69, 9.17) is 16.3 Å². The first-order chi connectivity index (χ1) is 12.9. The van der Waals surface area contributed by atoms with Crippen LogP contribution in [0.1, 0.15) is 18.7 Å². The van der Waals surface area contributed by atoms with Crippen LogP contribution in [-0.2, 0) is 26.2 Å². The summed E-state index contributed by atoms with van der Waals surface area (Å²) in [5, 5.41) is 12.0. The van der Waals surface area contributed by atoms with Crippen LogP contribution in [0.15, 0.2) is 47.6 Å². The average molecular weight is 412 g/mol. The van der Waals surface area contributed by atoms with Crippen LogP contribution >= 0.6 is 11.6 Å². The quantitative estimate of drug-likeness (QED) is 0.419. The molecule has 0 atom stereocenters. The van der Waals surface area contributed by atoms with Gasteiger partial charge in [-0.1, -0.05) is 11.6 Å². The number of esters is 1. The molecule has 2 aromatic rings. The van der Waals surface area contributed by atoms with E-state index >= 15 is 0 Å². The number of sulfonamides is 1. The smallest absolute Gasteiger partial charge is 0.339 e. The third kappa shape index (κ3) is 4.55. The van der Waals surface area contributed by atoms with Crippen LogP contribution < -0.4 is 4.73 Å². The van der Waals surface area contributed by atoms with Gasteiger partial charge in [0, 0.05) is 24.2 Å². The van der Waals surface area contributed by atoms with Crippen molar-refractivity contribution in [3.63, 3.8) is 0 Å². The lowest BCUT2D eigenvalue weighted by atomic mass is 9.98. The molecule has 0 N–H and O–H groups in total. The minimum absolute atomic E-state index is 0.0913. The molecule has 0 radical (unpaired) electrons. The molecule has 1 aliphatic heterocycles. The largest absolute Gasteiger partial charge is 0.711 e. The summed E-state index contributed by atoms with van der Waals surface area (Å²) in [5.41, 5.74) is 0. The minimum atomic E-state index is -3.62. The molecule has 1 aromatic carbocycles. The summed E-state index contributed by atoms with van der Waals surface area (Å²) in [6.07, 6.45) is 3.42. The number of nitrogens with zero attached hydrogens (tertiary/aromatic N) is 3. The molecule has 1 aromatic heterocycles. The van der Waals surface area contributed by atoms with E-state index < -0.39 is 21.9 Å². The molecule has 27 heavy (non-hydrogen) atoms. The topological polar surface area (TPSA) is 104 Å². The van der Waals surface area contributed by atoms with E-state index in [1.54, 1.807) is 0 Å². The molecule has 0 spiro atoms. The van der Waals surface area contributed by atoms with Crippen molar-refractivity contribution in [1.82, 2.24) is 9.29 Å². The maximum atomic E-state index is 12.6. The van der Waals surface area contributed by atoms with Crippen LogP contribution in [0, 0.1) is 11.1 Å². The molecule has 144 valence electrons. The normalized spacial score (nSPS) is 16.2. The molecule has 1 saturated heterocycles. The number of hydrogen-bond donors (Lipinski definition) is 0. The third-order valence-corrected chi connectivity index (χ3v) is 6.53. The number of benzene rings is 1. The molecule has 1 aliphatic rings. The first-order valence-electron chi connectivity index (χ1n) is 8.33. The van der Waals surface area contributed by atoms with Crippen molar-refractivity contribution in [2.45, 2.75) is 24.3 Å². The molecule has 10 heteroatoms. The number of ether oxygens (including phenoxy) is 1. The second-order valence-corrected chi connectivity index (χ2v) is 8.48. The van der Waals surface area contributed by atoms with Crippen molar-refractivity contribution in [1.29, 1.82) is 0 Å². The molecule has 3 rings (SSSR count). The molecule has 0 saturated carbocycles. The number of piperidine rings is 1. The minimum Gasteiger partial charge on any atom is -0.711 e. The van der Waals surface area contributed by atoms with Crippen molar-refractivity contribution < 1.29 is 22.7 Å². The van der Waals surface area contributed by atoms with E-state index in [2.05, 4.69) is 4.98 Å². The van der Waals surface area contributed by atoms with Crippen LogP contribution in [0.2, 0.25) is 5.02 Å². The van der Waals surface area contributed by atoms with Crippen molar-refractivity contribution in [2.75, 3.05) is 13.1 Å². The summed E-state index contributed by atoms with van der Waals surface area (Å²) in [5.74, 6) is -0.775. The highest BCUT2D eigenvalue weighted by atomic mass is 35.5. The summed E-state index contributed by atoms with van der Waals surface area (Å²) >= 11 is 5.80. The van der Waals surface area contributed by atoms with E-state index in [0.717, 1.165) is 0 Å². The van der Waals surface area contributed by atoms with E-state index in [1.165, 1.54) is 47.0 Å². The number of rotatable bonds is 5. The Bertz CT molecular complexity index is 912. The fourth-order valence-electron chi connectivity index (χ4n) is 2.83. The lowest BCUT2D eigenvalue weighted by Crippen LogP contribution is -2.41. The molecule has 0 bridgehead atoms. The van der Waals surface area contributed by atoms with Crippen LogP contribution in [0.4, 0.5) is 0 Å². The Hall–Kier alpha value is -2.23. The van der Waals surface area contributed by atoms with Crippen molar-refractivity contribution in [3.8, 4) is 0 Å². The van der Waals surface area contributed by atoms with E-state index in [0.29, 0.717) is 22.6 Å². The van der Waals surface area contributed by atoms with Gasteiger partial charge in [0.1, 0.15) is 6.20 Å². The summed E-state index contributed by atoms with van der Waals surface area (Å²) in [7, 11) is -3.62. The number of aromatic nitrogens is 2. The van der Waals surface area contributed by atoms with Crippen LogP contribution in [0.25, 0.3) is 0 Å². The van der Waals surface area contributed by atoms with Crippen molar-refractivity contribution in [3.05, 3.63) is 58.8 Å². The molecular weight excluding hydrogens is 394 g/mol. The zero-order chi connectivity index (χ0) is 19.4. The van der Waals surface area contributed by atoms with Gasteiger partial charge in [0.2, 0.25) is 10.0 Å². The zero-order valence-corrected chi connectivity index (χ0v) is 15.9. The Morgan fingerprint density at radius 1 is 1.30 bits per heavy atom. The van der Waals surface area contributed by atoms with Crippen LogP contribution in [-0.4, -0.2) is 36.8 Å². The Morgan fingerprint density at radius 3 is 2.59 bits per heavy atom. The van der Waals surface area contributed by atoms with Gasteiger partial charge < -0.3 is 9.94 Å².